The van der Waals surface area contributed by atoms with Gasteiger partial charge in [-0.2, -0.15) is 13.2 Å². The molecule has 2 atom stereocenters. The van der Waals surface area contributed by atoms with Crippen molar-refractivity contribution in [3.63, 3.8) is 0 Å². The number of halogens is 3. The van der Waals surface area contributed by atoms with Gasteiger partial charge >= 0.3 is 6.18 Å². The second-order valence-corrected chi connectivity index (χ2v) is 7.10. The fourth-order valence-electron chi connectivity index (χ4n) is 3.32. The van der Waals surface area contributed by atoms with Crippen molar-refractivity contribution in [3.05, 3.63) is 23.3 Å². The van der Waals surface area contributed by atoms with E-state index < -0.39 is 12.1 Å². The lowest BCUT2D eigenvalue weighted by Gasteiger charge is -2.37. The van der Waals surface area contributed by atoms with E-state index in [1.807, 2.05) is 6.08 Å². The van der Waals surface area contributed by atoms with Crippen molar-refractivity contribution in [2.45, 2.75) is 54.1 Å². The summed E-state index contributed by atoms with van der Waals surface area (Å²) in [6, 6.07) is 0. The summed E-state index contributed by atoms with van der Waals surface area (Å²) in [5.74, 6) is -0.856. The van der Waals surface area contributed by atoms with Crippen molar-refractivity contribution >= 4 is 0 Å². The number of allylic oxidation sites excluding steroid dienone is 4. The van der Waals surface area contributed by atoms with Crippen LogP contribution >= 0.6 is 0 Å². The molecule has 0 saturated carbocycles. The van der Waals surface area contributed by atoms with Crippen molar-refractivity contribution in [3.8, 4) is 0 Å². The monoisotopic (exact) mass is 274 g/mol. The van der Waals surface area contributed by atoms with Gasteiger partial charge in [-0.25, -0.2) is 0 Å². The Balaban J connectivity index is 3.18. The molecule has 0 heterocycles. The summed E-state index contributed by atoms with van der Waals surface area (Å²) in [7, 11) is 0. The Morgan fingerprint density at radius 3 is 2.05 bits per heavy atom. The summed E-state index contributed by atoms with van der Waals surface area (Å²) >= 11 is 0. The molecule has 0 amide bonds. The van der Waals surface area contributed by atoms with Crippen LogP contribution in [0.15, 0.2) is 23.3 Å². The van der Waals surface area contributed by atoms with Crippen LogP contribution in [0.3, 0.4) is 0 Å². The molecular formula is C16H25F3. The van der Waals surface area contributed by atoms with Crippen molar-refractivity contribution in [2.75, 3.05) is 0 Å². The van der Waals surface area contributed by atoms with Gasteiger partial charge in [0.25, 0.3) is 0 Å². The normalized spacial score (nSPS) is 23.2. The molecule has 0 aromatic rings. The average molecular weight is 274 g/mol. The third-order valence-electron chi connectivity index (χ3n) is 3.73. The van der Waals surface area contributed by atoms with Crippen LogP contribution in [-0.4, -0.2) is 6.18 Å². The van der Waals surface area contributed by atoms with Gasteiger partial charge < -0.3 is 0 Å². The van der Waals surface area contributed by atoms with E-state index in [0.717, 1.165) is 11.1 Å². The fraction of sp³-hybridized carbons (Fsp3) is 0.750. The molecule has 2 unspecified atom stereocenters. The number of hydrogen-bond acceptors (Lipinski definition) is 0. The first-order valence-corrected chi connectivity index (χ1v) is 6.88. The van der Waals surface area contributed by atoms with E-state index in [1.165, 1.54) is 6.08 Å². The molecule has 1 aliphatic carbocycles. The van der Waals surface area contributed by atoms with E-state index in [4.69, 9.17) is 0 Å². The Bertz CT molecular complexity index is 378. The molecule has 0 aromatic heterocycles. The topological polar surface area (TPSA) is 0 Å². The Kier molecular flexibility index (Phi) is 4.58. The Labute approximate surface area is 114 Å². The van der Waals surface area contributed by atoms with Gasteiger partial charge in [-0.15, -0.1) is 0 Å². The zero-order chi connectivity index (χ0) is 15.0. The highest BCUT2D eigenvalue weighted by Crippen LogP contribution is 2.44. The highest BCUT2D eigenvalue weighted by atomic mass is 19.4. The summed E-state index contributed by atoms with van der Waals surface area (Å²) in [5.41, 5.74) is 1.65. The van der Waals surface area contributed by atoms with Gasteiger partial charge in [-0.1, -0.05) is 52.3 Å². The Morgan fingerprint density at radius 2 is 1.68 bits per heavy atom. The van der Waals surface area contributed by atoms with Crippen LogP contribution in [0.1, 0.15) is 48.0 Å². The van der Waals surface area contributed by atoms with E-state index in [-0.39, 0.29) is 17.8 Å². The highest BCUT2D eigenvalue weighted by molar-refractivity contribution is 5.32. The molecule has 0 radical (unpaired) electrons. The van der Waals surface area contributed by atoms with E-state index in [1.54, 1.807) is 6.92 Å². The van der Waals surface area contributed by atoms with Crippen molar-refractivity contribution in [1.82, 2.24) is 0 Å². The highest BCUT2D eigenvalue weighted by Gasteiger charge is 2.41. The maximum Gasteiger partial charge on any atom is 0.395 e. The van der Waals surface area contributed by atoms with Crippen LogP contribution < -0.4 is 0 Å². The quantitative estimate of drug-likeness (QED) is 0.600. The molecule has 110 valence electrons. The second-order valence-electron chi connectivity index (χ2n) is 7.10. The van der Waals surface area contributed by atoms with Gasteiger partial charge in [0.15, 0.2) is 0 Å². The molecule has 0 fully saturated rings. The summed E-state index contributed by atoms with van der Waals surface area (Å²) < 4.78 is 38.9. The number of alkyl halides is 3. The van der Waals surface area contributed by atoms with Crippen molar-refractivity contribution in [1.29, 1.82) is 0 Å². The largest absolute Gasteiger partial charge is 0.395 e. The zero-order valence-electron chi connectivity index (χ0n) is 12.7. The molecule has 0 aliphatic heterocycles. The average Bonchev–Trinajstić information content (AvgIpc) is 2.11. The minimum atomic E-state index is -4.14. The summed E-state index contributed by atoms with van der Waals surface area (Å²) in [6.45, 7) is 12.2. The third kappa shape index (κ3) is 4.12. The minimum Gasteiger partial charge on any atom is -0.170 e. The predicted octanol–water partition coefficient (Wildman–Crippen LogP) is 5.76. The van der Waals surface area contributed by atoms with Crippen LogP contribution in [0, 0.1) is 23.2 Å². The molecular weight excluding hydrogens is 249 g/mol. The molecule has 0 bridgehead atoms. The first-order chi connectivity index (χ1) is 8.43. The summed E-state index contributed by atoms with van der Waals surface area (Å²) in [4.78, 5) is 0. The van der Waals surface area contributed by atoms with Gasteiger partial charge in [0.2, 0.25) is 0 Å². The smallest absolute Gasteiger partial charge is 0.170 e. The first-order valence-electron chi connectivity index (χ1n) is 6.88. The summed E-state index contributed by atoms with van der Waals surface area (Å²) in [6.07, 6.45) is -0.636. The van der Waals surface area contributed by atoms with Gasteiger partial charge in [0.05, 0.1) is 5.92 Å². The lowest BCUT2D eigenvalue weighted by molar-refractivity contribution is -0.161. The lowest BCUT2D eigenvalue weighted by Crippen LogP contribution is -2.30. The molecule has 1 aliphatic rings. The van der Waals surface area contributed by atoms with Crippen LogP contribution in [0.25, 0.3) is 0 Å². The Hall–Kier alpha value is -0.730. The molecule has 0 spiro atoms. The Morgan fingerprint density at radius 1 is 1.16 bits per heavy atom. The van der Waals surface area contributed by atoms with Gasteiger partial charge in [-0.05, 0) is 36.2 Å². The summed E-state index contributed by atoms with van der Waals surface area (Å²) in [5, 5.41) is 0. The zero-order valence-corrected chi connectivity index (χ0v) is 12.7. The SMILES string of the molecule is CC1=CC(C(C(C)C)C(C)(C)C)=CC(C(F)(F)F)C1. The van der Waals surface area contributed by atoms with Crippen molar-refractivity contribution < 1.29 is 13.2 Å². The molecule has 0 N–H and O–H groups in total. The van der Waals surface area contributed by atoms with Crippen LogP contribution in [0.4, 0.5) is 13.2 Å². The van der Waals surface area contributed by atoms with Crippen LogP contribution in [0.2, 0.25) is 0 Å². The first kappa shape index (κ1) is 16.3. The number of rotatable bonds is 2. The van der Waals surface area contributed by atoms with Crippen molar-refractivity contribution in [2.24, 2.45) is 23.2 Å². The van der Waals surface area contributed by atoms with Gasteiger partial charge in [-0.3, -0.25) is 0 Å². The maximum atomic E-state index is 13.0. The molecule has 1 rings (SSSR count). The minimum absolute atomic E-state index is 0.0374. The van der Waals surface area contributed by atoms with Gasteiger partial charge in [0, 0.05) is 0 Å². The predicted molar refractivity (Wildman–Crippen MR) is 73.8 cm³/mol. The molecule has 19 heavy (non-hydrogen) atoms. The van der Waals surface area contributed by atoms with E-state index in [2.05, 4.69) is 34.6 Å². The molecule has 0 aromatic carbocycles. The lowest BCUT2D eigenvalue weighted by atomic mass is 9.68. The third-order valence-corrected chi connectivity index (χ3v) is 3.73. The standard InChI is InChI=1S/C16H25F3/c1-10(2)14(15(4,5)6)12-7-11(3)8-13(9-12)16(17,18)19/h7,9-10,13-14H,8H2,1-6H3. The van der Waals surface area contributed by atoms with Crippen LogP contribution in [-0.2, 0) is 0 Å². The van der Waals surface area contributed by atoms with Gasteiger partial charge in [0.1, 0.15) is 0 Å². The second kappa shape index (κ2) is 5.34. The maximum absolute atomic E-state index is 13.0. The van der Waals surface area contributed by atoms with E-state index >= 15 is 0 Å². The molecule has 0 saturated heterocycles. The molecule has 0 nitrogen and oxygen atoms in total. The number of hydrogen-bond donors (Lipinski definition) is 0. The molecule has 3 heteroatoms. The van der Waals surface area contributed by atoms with E-state index in [0.29, 0.717) is 5.92 Å². The van der Waals surface area contributed by atoms with Crippen LogP contribution in [0.5, 0.6) is 0 Å². The van der Waals surface area contributed by atoms with E-state index in [9.17, 15) is 13.2 Å². The fourth-order valence-corrected chi connectivity index (χ4v) is 3.32.